The van der Waals surface area contributed by atoms with E-state index in [0.29, 0.717) is 25.3 Å². The molecule has 0 spiro atoms. The number of carbonyl (C=O) groups is 1. The molecule has 0 aromatic carbocycles. The van der Waals surface area contributed by atoms with Gasteiger partial charge in [0.25, 0.3) is 0 Å². The highest BCUT2D eigenvalue weighted by Crippen LogP contribution is 2.24. The molecule has 20 heavy (non-hydrogen) atoms. The molecule has 6 heteroatoms. The van der Waals surface area contributed by atoms with Crippen molar-refractivity contribution in [1.29, 1.82) is 0 Å². The maximum absolute atomic E-state index is 12.3. The number of ether oxygens (including phenoxy) is 1. The summed E-state index contributed by atoms with van der Waals surface area (Å²) in [5, 5.41) is 0. The molecule has 3 atom stereocenters. The van der Waals surface area contributed by atoms with Gasteiger partial charge in [-0.1, -0.05) is 6.92 Å². The second kappa shape index (κ2) is 6.43. The number of nitrogens with zero attached hydrogens (tertiary/aromatic N) is 1. The quantitative estimate of drug-likeness (QED) is 0.783. The largest absolute Gasteiger partial charge is 0.379 e. The van der Waals surface area contributed by atoms with E-state index in [4.69, 9.17) is 4.74 Å². The van der Waals surface area contributed by atoms with Crippen molar-refractivity contribution in [3.63, 3.8) is 0 Å². The number of hydrogen-bond donors (Lipinski definition) is 0. The van der Waals surface area contributed by atoms with Crippen LogP contribution in [0.15, 0.2) is 0 Å². The molecule has 0 aliphatic carbocycles. The first-order valence-corrected chi connectivity index (χ1v) is 9.24. The fourth-order valence-electron chi connectivity index (χ4n) is 3.22. The standard InChI is InChI=1S/C14H25NO4S/c1-11-5-6-15(9-13(11)19-2)14(16)8-12-4-3-7-20(17,18)10-12/h11-13H,3-10H2,1-2H3. The summed E-state index contributed by atoms with van der Waals surface area (Å²) in [7, 11) is -1.24. The molecule has 2 aliphatic rings. The highest BCUT2D eigenvalue weighted by molar-refractivity contribution is 7.91. The minimum absolute atomic E-state index is 0.00148. The van der Waals surface area contributed by atoms with Gasteiger partial charge in [0.1, 0.15) is 0 Å². The lowest BCUT2D eigenvalue weighted by Gasteiger charge is -2.37. The van der Waals surface area contributed by atoms with E-state index in [1.165, 1.54) is 0 Å². The summed E-state index contributed by atoms with van der Waals surface area (Å²) >= 11 is 0. The summed E-state index contributed by atoms with van der Waals surface area (Å²) in [6.45, 7) is 3.54. The molecule has 0 N–H and O–H groups in total. The molecule has 2 heterocycles. The summed E-state index contributed by atoms with van der Waals surface area (Å²) < 4.78 is 28.6. The van der Waals surface area contributed by atoms with E-state index in [-0.39, 0.29) is 29.4 Å². The molecule has 116 valence electrons. The van der Waals surface area contributed by atoms with Gasteiger partial charge in [0.05, 0.1) is 17.6 Å². The summed E-state index contributed by atoms with van der Waals surface area (Å²) in [6.07, 6.45) is 2.96. The molecular weight excluding hydrogens is 278 g/mol. The maximum Gasteiger partial charge on any atom is 0.222 e. The van der Waals surface area contributed by atoms with Gasteiger partial charge in [0.15, 0.2) is 9.84 Å². The Morgan fingerprint density at radius 3 is 2.75 bits per heavy atom. The van der Waals surface area contributed by atoms with Gasteiger partial charge in [-0.2, -0.15) is 0 Å². The van der Waals surface area contributed by atoms with Crippen molar-refractivity contribution in [2.75, 3.05) is 31.7 Å². The first-order chi connectivity index (χ1) is 9.41. The van der Waals surface area contributed by atoms with Crippen molar-refractivity contribution in [3.8, 4) is 0 Å². The lowest BCUT2D eigenvalue weighted by Crippen LogP contribution is -2.47. The Morgan fingerprint density at radius 2 is 2.10 bits per heavy atom. The van der Waals surface area contributed by atoms with Crippen LogP contribution in [0.1, 0.15) is 32.6 Å². The lowest BCUT2D eigenvalue weighted by atomic mass is 9.94. The average molecular weight is 303 g/mol. The number of amides is 1. The molecule has 2 fully saturated rings. The topological polar surface area (TPSA) is 63.7 Å². The predicted molar refractivity (Wildman–Crippen MR) is 77.2 cm³/mol. The summed E-state index contributed by atoms with van der Waals surface area (Å²) in [4.78, 5) is 14.2. The van der Waals surface area contributed by atoms with Gasteiger partial charge >= 0.3 is 0 Å². The van der Waals surface area contributed by atoms with Crippen LogP contribution in [0.5, 0.6) is 0 Å². The van der Waals surface area contributed by atoms with Crippen LogP contribution < -0.4 is 0 Å². The first kappa shape index (κ1) is 15.8. The van der Waals surface area contributed by atoms with Crippen molar-refractivity contribution in [3.05, 3.63) is 0 Å². The van der Waals surface area contributed by atoms with Crippen LogP contribution in [0.4, 0.5) is 0 Å². The molecule has 1 amide bonds. The van der Waals surface area contributed by atoms with Gasteiger partial charge in [-0.3, -0.25) is 4.79 Å². The Balaban J connectivity index is 1.88. The van der Waals surface area contributed by atoms with Crippen molar-refractivity contribution < 1.29 is 17.9 Å². The first-order valence-electron chi connectivity index (χ1n) is 7.42. The third-order valence-electron chi connectivity index (χ3n) is 4.57. The average Bonchev–Trinajstić information content (AvgIpc) is 2.38. The number of hydrogen-bond acceptors (Lipinski definition) is 4. The molecule has 0 bridgehead atoms. The number of piperidine rings is 1. The number of sulfone groups is 1. The Morgan fingerprint density at radius 1 is 1.35 bits per heavy atom. The van der Waals surface area contributed by atoms with Gasteiger partial charge in [-0.05, 0) is 31.1 Å². The normalized spacial score (nSPS) is 33.9. The van der Waals surface area contributed by atoms with E-state index in [0.717, 1.165) is 19.4 Å². The van der Waals surface area contributed by atoms with E-state index in [1.54, 1.807) is 7.11 Å². The van der Waals surface area contributed by atoms with E-state index in [2.05, 4.69) is 6.92 Å². The SMILES string of the molecule is COC1CN(C(=O)CC2CCCS(=O)(=O)C2)CCC1C. The molecular formula is C14H25NO4S. The fraction of sp³-hybridized carbons (Fsp3) is 0.929. The van der Waals surface area contributed by atoms with Gasteiger partial charge in [0, 0.05) is 26.6 Å². The summed E-state index contributed by atoms with van der Waals surface area (Å²) in [6, 6.07) is 0. The van der Waals surface area contributed by atoms with E-state index in [1.807, 2.05) is 4.90 Å². The highest BCUT2D eigenvalue weighted by atomic mass is 32.2. The number of rotatable bonds is 3. The van der Waals surface area contributed by atoms with Crippen LogP contribution in [0.2, 0.25) is 0 Å². The Hall–Kier alpha value is -0.620. The van der Waals surface area contributed by atoms with Gasteiger partial charge in [0.2, 0.25) is 5.91 Å². The molecule has 2 rings (SSSR count). The van der Waals surface area contributed by atoms with Crippen LogP contribution in [0.25, 0.3) is 0 Å². The second-order valence-electron chi connectivity index (χ2n) is 6.21. The Kier molecular flexibility index (Phi) is 5.07. The summed E-state index contributed by atoms with van der Waals surface area (Å²) in [5.41, 5.74) is 0. The van der Waals surface area contributed by atoms with E-state index < -0.39 is 9.84 Å². The van der Waals surface area contributed by atoms with Crippen molar-refractivity contribution >= 4 is 15.7 Å². The smallest absolute Gasteiger partial charge is 0.222 e. The molecule has 0 radical (unpaired) electrons. The van der Waals surface area contributed by atoms with Crippen molar-refractivity contribution in [1.82, 2.24) is 4.90 Å². The molecule has 0 saturated carbocycles. The summed E-state index contributed by atoms with van der Waals surface area (Å²) in [5.74, 6) is 1.02. The van der Waals surface area contributed by atoms with E-state index >= 15 is 0 Å². The van der Waals surface area contributed by atoms with Gasteiger partial charge < -0.3 is 9.64 Å². The van der Waals surface area contributed by atoms with Crippen molar-refractivity contribution in [2.24, 2.45) is 11.8 Å². The molecule has 5 nitrogen and oxygen atoms in total. The minimum atomic E-state index is -2.93. The Labute approximate surface area is 121 Å². The van der Waals surface area contributed by atoms with Crippen LogP contribution in [0.3, 0.4) is 0 Å². The lowest BCUT2D eigenvalue weighted by molar-refractivity contribution is -0.137. The number of likely N-dealkylation sites (tertiary alicyclic amines) is 1. The van der Waals surface area contributed by atoms with Crippen LogP contribution in [-0.4, -0.2) is 57.0 Å². The predicted octanol–water partition coefficient (Wildman–Crippen LogP) is 1.08. The van der Waals surface area contributed by atoms with Gasteiger partial charge in [-0.25, -0.2) is 8.42 Å². The van der Waals surface area contributed by atoms with Gasteiger partial charge in [-0.15, -0.1) is 0 Å². The zero-order chi connectivity index (χ0) is 14.8. The maximum atomic E-state index is 12.3. The van der Waals surface area contributed by atoms with Crippen molar-refractivity contribution in [2.45, 2.75) is 38.7 Å². The molecule has 3 unspecified atom stereocenters. The second-order valence-corrected chi connectivity index (χ2v) is 8.44. The Bertz CT molecular complexity index is 448. The van der Waals surface area contributed by atoms with Crippen LogP contribution >= 0.6 is 0 Å². The highest BCUT2D eigenvalue weighted by Gasteiger charge is 2.32. The zero-order valence-electron chi connectivity index (χ0n) is 12.4. The molecule has 0 aromatic rings. The number of methoxy groups -OCH3 is 1. The third-order valence-corrected chi connectivity index (χ3v) is 6.46. The molecule has 0 aromatic heterocycles. The molecule has 2 aliphatic heterocycles. The van der Waals surface area contributed by atoms with Crippen LogP contribution in [-0.2, 0) is 19.4 Å². The van der Waals surface area contributed by atoms with E-state index in [9.17, 15) is 13.2 Å². The fourth-order valence-corrected chi connectivity index (χ4v) is 5.00. The van der Waals surface area contributed by atoms with Crippen LogP contribution in [0, 0.1) is 11.8 Å². The zero-order valence-corrected chi connectivity index (χ0v) is 13.2. The molecule has 2 saturated heterocycles. The third kappa shape index (κ3) is 3.95. The monoisotopic (exact) mass is 303 g/mol. The number of carbonyl (C=O) groups excluding carboxylic acids is 1. The minimum Gasteiger partial charge on any atom is -0.379 e.